The largest absolute Gasteiger partial charge is 0.344 e. The monoisotopic (exact) mass is 239 g/mol. The number of nitrogens with two attached hydrogens (primary N) is 1. The Bertz CT molecular complexity index is 374. The summed E-state index contributed by atoms with van der Waals surface area (Å²) in [5.41, 5.74) is 6.69. The third-order valence-corrected chi connectivity index (χ3v) is 2.81. The van der Waals surface area contributed by atoms with Crippen molar-refractivity contribution in [3.05, 3.63) is 11.9 Å². The molecule has 0 saturated carbocycles. The molecular formula is C11H21N5O. The van der Waals surface area contributed by atoms with Gasteiger partial charge in [-0.3, -0.25) is 4.79 Å². The van der Waals surface area contributed by atoms with E-state index >= 15 is 0 Å². The highest BCUT2D eigenvalue weighted by molar-refractivity contribution is 5.75. The molecular weight excluding hydrogens is 218 g/mol. The molecule has 2 N–H and O–H groups in total. The Morgan fingerprint density at radius 2 is 2.24 bits per heavy atom. The molecule has 0 aliphatic heterocycles. The molecule has 1 rings (SSSR count). The summed E-state index contributed by atoms with van der Waals surface area (Å²) in [4.78, 5) is 13.3. The third kappa shape index (κ3) is 3.52. The van der Waals surface area contributed by atoms with Crippen molar-refractivity contribution in [2.24, 2.45) is 11.7 Å². The maximum atomic E-state index is 11.7. The zero-order valence-electron chi connectivity index (χ0n) is 10.9. The SMILES string of the molecule is CCN(C)C(=O)Cn1cc(C(N)C(C)C)nn1. The fourth-order valence-electron chi connectivity index (χ4n) is 1.32. The normalized spacial score (nSPS) is 12.8. The van der Waals surface area contributed by atoms with Crippen molar-refractivity contribution in [3.63, 3.8) is 0 Å². The van der Waals surface area contributed by atoms with E-state index in [4.69, 9.17) is 5.73 Å². The van der Waals surface area contributed by atoms with Crippen LogP contribution in [0.25, 0.3) is 0 Å². The Hall–Kier alpha value is -1.43. The smallest absolute Gasteiger partial charge is 0.244 e. The maximum absolute atomic E-state index is 11.7. The average Bonchev–Trinajstić information content (AvgIpc) is 2.74. The lowest BCUT2D eigenvalue weighted by Crippen LogP contribution is -2.30. The van der Waals surface area contributed by atoms with Crippen molar-refractivity contribution >= 4 is 5.91 Å². The number of aromatic nitrogens is 3. The standard InChI is InChI=1S/C11H21N5O/c1-5-15(4)10(17)7-16-6-9(13-14-16)11(12)8(2)3/h6,8,11H,5,7,12H2,1-4H3. The average molecular weight is 239 g/mol. The van der Waals surface area contributed by atoms with Gasteiger partial charge < -0.3 is 10.6 Å². The molecule has 6 heteroatoms. The van der Waals surface area contributed by atoms with Gasteiger partial charge in [-0.1, -0.05) is 19.1 Å². The predicted molar refractivity (Wildman–Crippen MR) is 65.1 cm³/mol. The van der Waals surface area contributed by atoms with Gasteiger partial charge in [-0.05, 0) is 12.8 Å². The molecule has 0 saturated heterocycles. The third-order valence-electron chi connectivity index (χ3n) is 2.81. The van der Waals surface area contributed by atoms with Crippen LogP contribution in [0, 0.1) is 5.92 Å². The second-order valence-electron chi connectivity index (χ2n) is 4.52. The summed E-state index contributed by atoms with van der Waals surface area (Å²) in [5.74, 6) is 0.316. The molecule has 0 aliphatic carbocycles. The molecule has 1 atom stereocenters. The van der Waals surface area contributed by atoms with Crippen LogP contribution in [0.1, 0.15) is 32.5 Å². The number of carbonyl (C=O) groups is 1. The van der Waals surface area contributed by atoms with Gasteiger partial charge >= 0.3 is 0 Å². The van der Waals surface area contributed by atoms with Crippen LogP contribution in [0.3, 0.4) is 0 Å². The summed E-state index contributed by atoms with van der Waals surface area (Å²) in [5, 5.41) is 7.91. The van der Waals surface area contributed by atoms with Crippen molar-refractivity contribution in [3.8, 4) is 0 Å². The molecule has 17 heavy (non-hydrogen) atoms. The van der Waals surface area contributed by atoms with Gasteiger partial charge in [0.1, 0.15) is 6.54 Å². The van der Waals surface area contributed by atoms with Crippen LogP contribution in [0.5, 0.6) is 0 Å². The van der Waals surface area contributed by atoms with Crippen molar-refractivity contribution < 1.29 is 4.79 Å². The lowest BCUT2D eigenvalue weighted by Gasteiger charge is -2.13. The first-order chi connectivity index (χ1) is 7.95. The highest BCUT2D eigenvalue weighted by Gasteiger charge is 2.15. The van der Waals surface area contributed by atoms with Gasteiger partial charge in [0.05, 0.1) is 17.9 Å². The first-order valence-corrected chi connectivity index (χ1v) is 5.85. The molecule has 0 fully saturated rings. The van der Waals surface area contributed by atoms with Crippen LogP contribution in [-0.2, 0) is 11.3 Å². The van der Waals surface area contributed by atoms with Crippen molar-refractivity contribution in [2.45, 2.75) is 33.4 Å². The Balaban J connectivity index is 2.66. The minimum atomic E-state index is -0.136. The van der Waals surface area contributed by atoms with Crippen molar-refractivity contribution in [2.75, 3.05) is 13.6 Å². The predicted octanol–water partition coefficient (Wildman–Crippen LogP) is 0.412. The molecule has 1 aromatic heterocycles. The van der Waals surface area contributed by atoms with Gasteiger partial charge in [0.2, 0.25) is 5.91 Å². The molecule has 1 amide bonds. The highest BCUT2D eigenvalue weighted by Crippen LogP contribution is 2.15. The molecule has 1 heterocycles. The van der Waals surface area contributed by atoms with E-state index < -0.39 is 0 Å². The Kier molecular flexibility index (Phi) is 4.62. The zero-order chi connectivity index (χ0) is 13.0. The van der Waals surface area contributed by atoms with E-state index in [1.807, 2.05) is 20.8 Å². The quantitative estimate of drug-likeness (QED) is 0.807. The Labute approximate surface area is 102 Å². The van der Waals surface area contributed by atoms with Gasteiger partial charge in [-0.2, -0.15) is 0 Å². The second kappa shape index (κ2) is 5.77. The van der Waals surface area contributed by atoms with Gasteiger partial charge in [0.25, 0.3) is 0 Å². The van der Waals surface area contributed by atoms with Crippen molar-refractivity contribution in [1.29, 1.82) is 0 Å². The van der Waals surface area contributed by atoms with Crippen LogP contribution in [0.4, 0.5) is 0 Å². The molecule has 6 nitrogen and oxygen atoms in total. The number of carbonyl (C=O) groups excluding carboxylic acids is 1. The number of rotatable bonds is 5. The molecule has 0 aliphatic rings. The zero-order valence-corrected chi connectivity index (χ0v) is 10.9. The van der Waals surface area contributed by atoms with E-state index in [9.17, 15) is 4.79 Å². The summed E-state index contributed by atoms with van der Waals surface area (Å²) in [7, 11) is 1.76. The Morgan fingerprint density at radius 1 is 1.59 bits per heavy atom. The fraction of sp³-hybridized carbons (Fsp3) is 0.727. The minimum Gasteiger partial charge on any atom is -0.344 e. The van der Waals surface area contributed by atoms with E-state index in [0.717, 1.165) is 5.69 Å². The second-order valence-corrected chi connectivity index (χ2v) is 4.52. The summed E-state index contributed by atoms with van der Waals surface area (Å²) >= 11 is 0. The van der Waals surface area contributed by atoms with Crippen LogP contribution < -0.4 is 5.73 Å². The highest BCUT2D eigenvalue weighted by atomic mass is 16.2. The summed E-state index contributed by atoms with van der Waals surface area (Å²) in [6.45, 7) is 6.88. The maximum Gasteiger partial charge on any atom is 0.244 e. The summed E-state index contributed by atoms with van der Waals surface area (Å²) < 4.78 is 1.53. The lowest BCUT2D eigenvalue weighted by molar-refractivity contribution is -0.130. The number of hydrogen-bond donors (Lipinski definition) is 1. The number of likely N-dealkylation sites (N-methyl/N-ethyl adjacent to an activating group) is 1. The van der Waals surface area contributed by atoms with Gasteiger partial charge in [-0.15, -0.1) is 5.10 Å². The first-order valence-electron chi connectivity index (χ1n) is 5.85. The van der Waals surface area contributed by atoms with Crippen LogP contribution >= 0.6 is 0 Å². The van der Waals surface area contributed by atoms with Gasteiger partial charge in [-0.25, -0.2) is 4.68 Å². The molecule has 1 unspecified atom stereocenters. The molecule has 1 aromatic rings. The molecule has 96 valence electrons. The van der Waals surface area contributed by atoms with E-state index in [1.54, 1.807) is 18.1 Å². The summed E-state index contributed by atoms with van der Waals surface area (Å²) in [6, 6.07) is -0.136. The lowest BCUT2D eigenvalue weighted by atomic mass is 10.0. The van der Waals surface area contributed by atoms with E-state index in [2.05, 4.69) is 10.3 Å². The number of nitrogens with zero attached hydrogens (tertiary/aromatic N) is 4. The number of hydrogen-bond acceptors (Lipinski definition) is 4. The Morgan fingerprint density at radius 3 is 2.76 bits per heavy atom. The van der Waals surface area contributed by atoms with Gasteiger partial charge in [0.15, 0.2) is 0 Å². The molecule has 0 aromatic carbocycles. The summed E-state index contributed by atoms with van der Waals surface area (Å²) in [6.07, 6.45) is 1.74. The van der Waals surface area contributed by atoms with E-state index in [-0.39, 0.29) is 18.5 Å². The molecule has 0 spiro atoms. The van der Waals surface area contributed by atoms with E-state index in [0.29, 0.717) is 12.5 Å². The first kappa shape index (κ1) is 13.6. The molecule has 0 radical (unpaired) electrons. The van der Waals surface area contributed by atoms with Gasteiger partial charge in [0, 0.05) is 13.6 Å². The van der Waals surface area contributed by atoms with E-state index in [1.165, 1.54) is 4.68 Å². The number of amides is 1. The van der Waals surface area contributed by atoms with Crippen LogP contribution in [-0.4, -0.2) is 39.4 Å². The topological polar surface area (TPSA) is 77.0 Å². The molecule has 0 bridgehead atoms. The van der Waals surface area contributed by atoms with Crippen LogP contribution in [0.15, 0.2) is 6.20 Å². The van der Waals surface area contributed by atoms with Crippen molar-refractivity contribution in [1.82, 2.24) is 19.9 Å². The van der Waals surface area contributed by atoms with Crippen LogP contribution in [0.2, 0.25) is 0 Å². The fourth-order valence-corrected chi connectivity index (χ4v) is 1.32. The minimum absolute atomic E-state index is 0.0158.